The summed E-state index contributed by atoms with van der Waals surface area (Å²) in [5.41, 5.74) is -1.25. The Morgan fingerprint density at radius 1 is 1.09 bits per heavy atom. The van der Waals surface area contributed by atoms with Gasteiger partial charge < -0.3 is 14.3 Å². The SMILES string of the molecule is CC(=O)CCC1(C)CC2(CC(C)(C)CC(=O)C1=O)OCCO2. The van der Waals surface area contributed by atoms with Crippen molar-refractivity contribution in [3.05, 3.63) is 0 Å². The van der Waals surface area contributed by atoms with Crippen LogP contribution >= 0.6 is 0 Å². The maximum atomic E-state index is 12.7. The van der Waals surface area contributed by atoms with Crippen LogP contribution in [0.25, 0.3) is 0 Å². The average Bonchev–Trinajstić information content (AvgIpc) is 2.81. The fourth-order valence-corrected chi connectivity index (χ4v) is 3.74. The Balaban J connectivity index is 2.33. The van der Waals surface area contributed by atoms with Crippen molar-refractivity contribution in [2.45, 2.75) is 65.6 Å². The molecule has 0 aromatic heterocycles. The van der Waals surface area contributed by atoms with Crippen LogP contribution < -0.4 is 0 Å². The maximum absolute atomic E-state index is 12.7. The molecule has 0 radical (unpaired) electrons. The van der Waals surface area contributed by atoms with Crippen LogP contribution in [0.2, 0.25) is 0 Å². The summed E-state index contributed by atoms with van der Waals surface area (Å²) < 4.78 is 11.7. The van der Waals surface area contributed by atoms with Gasteiger partial charge >= 0.3 is 0 Å². The predicted molar refractivity (Wildman–Crippen MR) is 80.3 cm³/mol. The topological polar surface area (TPSA) is 69.7 Å². The molecule has 0 aromatic rings. The second-order valence-electron chi connectivity index (χ2n) is 7.82. The third-order valence-corrected chi connectivity index (χ3v) is 4.69. The monoisotopic (exact) mass is 310 g/mol. The van der Waals surface area contributed by atoms with Gasteiger partial charge in [-0.3, -0.25) is 9.59 Å². The van der Waals surface area contributed by atoms with Crippen LogP contribution in [-0.4, -0.2) is 36.4 Å². The van der Waals surface area contributed by atoms with E-state index in [1.807, 2.05) is 13.8 Å². The summed E-state index contributed by atoms with van der Waals surface area (Å²) in [6, 6.07) is 0. The molecule has 1 aliphatic carbocycles. The lowest BCUT2D eigenvalue weighted by Gasteiger charge is -2.43. The normalized spacial score (nSPS) is 31.1. The average molecular weight is 310 g/mol. The first-order valence-corrected chi connectivity index (χ1v) is 7.93. The lowest BCUT2D eigenvalue weighted by Crippen LogP contribution is -2.49. The molecule has 2 aliphatic rings. The van der Waals surface area contributed by atoms with Crippen LogP contribution in [0.4, 0.5) is 0 Å². The van der Waals surface area contributed by atoms with E-state index in [-0.39, 0.29) is 35.6 Å². The number of rotatable bonds is 3. The van der Waals surface area contributed by atoms with Crippen LogP contribution in [0.15, 0.2) is 0 Å². The molecule has 1 atom stereocenters. The highest BCUT2D eigenvalue weighted by atomic mass is 16.7. The standard InChI is InChI=1S/C17H26O5/c1-12(18)5-6-16(4)11-17(21-7-8-22-17)10-15(2,3)9-13(19)14(16)20/h5-11H2,1-4H3. The zero-order valence-electron chi connectivity index (χ0n) is 14.0. The largest absolute Gasteiger partial charge is 0.347 e. The third kappa shape index (κ3) is 3.63. The van der Waals surface area contributed by atoms with Crippen molar-refractivity contribution >= 4 is 17.3 Å². The number of ketones is 3. The van der Waals surface area contributed by atoms with Crippen molar-refractivity contribution in [2.75, 3.05) is 13.2 Å². The summed E-state index contributed by atoms with van der Waals surface area (Å²) in [4.78, 5) is 36.3. The zero-order chi connectivity index (χ0) is 16.6. The van der Waals surface area contributed by atoms with E-state index < -0.39 is 11.2 Å². The second kappa shape index (κ2) is 5.85. The van der Waals surface area contributed by atoms with E-state index in [9.17, 15) is 14.4 Å². The minimum atomic E-state index is -0.899. The van der Waals surface area contributed by atoms with Crippen LogP contribution in [-0.2, 0) is 23.9 Å². The lowest BCUT2D eigenvalue weighted by atomic mass is 9.66. The summed E-state index contributed by atoms with van der Waals surface area (Å²) >= 11 is 0. The molecule has 2 fully saturated rings. The Labute approximate surface area is 131 Å². The van der Waals surface area contributed by atoms with Gasteiger partial charge in [0.25, 0.3) is 0 Å². The van der Waals surface area contributed by atoms with E-state index in [1.54, 1.807) is 6.92 Å². The Kier molecular flexibility index (Phi) is 4.60. The van der Waals surface area contributed by atoms with Gasteiger partial charge in [-0.15, -0.1) is 0 Å². The molecule has 0 aromatic carbocycles. The Hall–Kier alpha value is -1.07. The molecule has 1 heterocycles. The van der Waals surface area contributed by atoms with Crippen molar-refractivity contribution in [3.63, 3.8) is 0 Å². The molecule has 1 aliphatic heterocycles. The van der Waals surface area contributed by atoms with Crippen molar-refractivity contribution in [3.8, 4) is 0 Å². The van der Waals surface area contributed by atoms with Gasteiger partial charge in [0.05, 0.1) is 13.2 Å². The highest BCUT2D eigenvalue weighted by Crippen LogP contribution is 2.47. The quantitative estimate of drug-likeness (QED) is 0.749. The number of carbonyl (C=O) groups excluding carboxylic acids is 3. The Bertz CT molecular complexity index is 487. The Morgan fingerprint density at radius 3 is 2.23 bits per heavy atom. The number of hydrogen-bond acceptors (Lipinski definition) is 5. The summed E-state index contributed by atoms with van der Waals surface area (Å²) in [6.45, 7) is 8.19. The van der Waals surface area contributed by atoms with Gasteiger partial charge in [-0.2, -0.15) is 0 Å². The van der Waals surface area contributed by atoms with Crippen molar-refractivity contribution in [1.29, 1.82) is 0 Å². The van der Waals surface area contributed by atoms with E-state index in [1.165, 1.54) is 6.92 Å². The molecule has 0 bridgehead atoms. The fraction of sp³-hybridized carbons (Fsp3) is 0.824. The molecular formula is C17H26O5. The molecular weight excluding hydrogens is 284 g/mol. The summed E-state index contributed by atoms with van der Waals surface area (Å²) in [6.07, 6.45) is 1.75. The fourth-order valence-electron chi connectivity index (χ4n) is 3.74. The molecule has 2 rings (SSSR count). The molecule has 0 N–H and O–H groups in total. The van der Waals surface area contributed by atoms with Crippen LogP contribution in [0, 0.1) is 10.8 Å². The molecule has 0 amide bonds. The van der Waals surface area contributed by atoms with Crippen LogP contribution in [0.3, 0.4) is 0 Å². The highest BCUT2D eigenvalue weighted by molar-refractivity contribution is 6.39. The van der Waals surface area contributed by atoms with Crippen LogP contribution in [0.1, 0.15) is 59.8 Å². The first kappa shape index (κ1) is 17.3. The van der Waals surface area contributed by atoms with E-state index >= 15 is 0 Å². The van der Waals surface area contributed by atoms with E-state index in [0.29, 0.717) is 32.5 Å². The molecule has 1 saturated heterocycles. The third-order valence-electron chi connectivity index (χ3n) is 4.69. The van der Waals surface area contributed by atoms with Crippen LogP contribution in [0.5, 0.6) is 0 Å². The molecule has 1 unspecified atom stereocenters. The Morgan fingerprint density at radius 2 is 1.68 bits per heavy atom. The highest BCUT2D eigenvalue weighted by Gasteiger charge is 2.52. The van der Waals surface area contributed by atoms with Gasteiger partial charge in [-0.05, 0) is 18.8 Å². The first-order chi connectivity index (χ1) is 10.1. The van der Waals surface area contributed by atoms with Crippen molar-refractivity contribution in [2.24, 2.45) is 10.8 Å². The zero-order valence-corrected chi connectivity index (χ0v) is 14.0. The van der Waals surface area contributed by atoms with E-state index in [4.69, 9.17) is 9.47 Å². The molecule has 1 spiro atoms. The van der Waals surface area contributed by atoms with Gasteiger partial charge in [-0.1, -0.05) is 20.8 Å². The van der Waals surface area contributed by atoms with Gasteiger partial charge in [0, 0.05) is 31.1 Å². The molecule has 1 saturated carbocycles. The summed E-state index contributed by atoms with van der Waals surface area (Å²) in [5.74, 6) is -1.53. The molecule has 124 valence electrons. The number of Topliss-reactive ketones (excluding diaryl/α,β-unsaturated/α-hetero) is 3. The second-order valence-corrected chi connectivity index (χ2v) is 7.82. The predicted octanol–water partition coefficient (Wildman–Crippen LogP) is 2.45. The molecule has 5 heteroatoms. The summed E-state index contributed by atoms with van der Waals surface area (Å²) in [7, 11) is 0. The minimum absolute atomic E-state index is 0.0196. The van der Waals surface area contributed by atoms with Gasteiger partial charge in [-0.25, -0.2) is 0 Å². The van der Waals surface area contributed by atoms with E-state index in [0.717, 1.165) is 0 Å². The van der Waals surface area contributed by atoms with Crippen molar-refractivity contribution < 1.29 is 23.9 Å². The minimum Gasteiger partial charge on any atom is -0.347 e. The van der Waals surface area contributed by atoms with E-state index in [2.05, 4.69) is 0 Å². The number of carbonyl (C=O) groups is 3. The first-order valence-electron chi connectivity index (χ1n) is 7.93. The van der Waals surface area contributed by atoms with Gasteiger partial charge in [0.1, 0.15) is 5.78 Å². The van der Waals surface area contributed by atoms with Gasteiger partial charge in [0.2, 0.25) is 5.78 Å². The molecule has 22 heavy (non-hydrogen) atoms. The summed E-state index contributed by atoms with van der Waals surface area (Å²) in [5, 5.41) is 0. The molecule has 5 nitrogen and oxygen atoms in total. The van der Waals surface area contributed by atoms with Gasteiger partial charge in [0.15, 0.2) is 11.6 Å². The maximum Gasteiger partial charge on any atom is 0.204 e. The number of ether oxygens (including phenoxy) is 2. The lowest BCUT2D eigenvalue weighted by molar-refractivity contribution is -0.205. The smallest absolute Gasteiger partial charge is 0.204 e. The number of hydrogen-bond donors (Lipinski definition) is 0. The van der Waals surface area contributed by atoms with Crippen molar-refractivity contribution in [1.82, 2.24) is 0 Å².